The van der Waals surface area contributed by atoms with Gasteiger partial charge < -0.3 is 4.74 Å². The molecule has 0 atom stereocenters. The van der Waals surface area contributed by atoms with Gasteiger partial charge in [0.05, 0.1) is 17.0 Å². The fourth-order valence-corrected chi connectivity index (χ4v) is 2.15. The van der Waals surface area contributed by atoms with Crippen LogP contribution in [0.4, 0.5) is 4.79 Å². The number of ether oxygens (including phenoxy) is 1. The predicted octanol–water partition coefficient (Wildman–Crippen LogP) is 1.89. The molecule has 0 aliphatic heterocycles. The Hall–Kier alpha value is -1.86. The molecule has 0 aliphatic carbocycles. The lowest BCUT2D eigenvalue weighted by Crippen LogP contribution is -2.12. The first-order valence-corrected chi connectivity index (χ1v) is 6.63. The topological polar surface area (TPSA) is 85.6 Å². The van der Waals surface area contributed by atoms with Gasteiger partial charge >= 0.3 is 6.09 Å². The highest BCUT2D eigenvalue weighted by Gasteiger charge is 2.13. The summed E-state index contributed by atoms with van der Waals surface area (Å²) in [6, 6.07) is 5.53. The lowest BCUT2D eigenvalue weighted by Gasteiger charge is -2.04. The summed E-state index contributed by atoms with van der Waals surface area (Å²) in [6.45, 7) is 1.95. The molecule has 0 unspecified atom stereocenters. The molecular weight excluding hydrogens is 258 g/mol. The highest BCUT2D eigenvalue weighted by Crippen LogP contribution is 2.20. The van der Waals surface area contributed by atoms with Gasteiger partial charge in [-0.2, -0.15) is 8.42 Å². The Labute approximate surface area is 104 Å². The third-order valence-electron chi connectivity index (χ3n) is 2.42. The van der Waals surface area contributed by atoms with Crippen molar-refractivity contribution in [3.05, 3.63) is 30.5 Å². The van der Waals surface area contributed by atoms with Crippen molar-refractivity contribution in [1.82, 2.24) is 4.57 Å². The van der Waals surface area contributed by atoms with Crippen LogP contribution in [-0.4, -0.2) is 30.2 Å². The Bertz CT molecular complexity index is 701. The van der Waals surface area contributed by atoms with Gasteiger partial charge in [-0.25, -0.2) is 4.79 Å². The van der Waals surface area contributed by atoms with Gasteiger partial charge in [-0.15, -0.1) is 0 Å². The van der Waals surface area contributed by atoms with Crippen LogP contribution in [0.15, 0.2) is 35.4 Å². The SMILES string of the molecule is CCOC(=O)n1ccc2cc(S(=O)(=O)O)ccc21. The van der Waals surface area contributed by atoms with E-state index < -0.39 is 16.2 Å². The summed E-state index contributed by atoms with van der Waals surface area (Å²) < 4.78 is 37.0. The summed E-state index contributed by atoms with van der Waals surface area (Å²) in [7, 11) is -4.24. The molecule has 1 aromatic heterocycles. The number of hydrogen-bond donors (Lipinski definition) is 1. The summed E-state index contributed by atoms with van der Waals surface area (Å²) in [5.41, 5.74) is 0.515. The molecule has 0 spiro atoms. The third-order valence-corrected chi connectivity index (χ3v) is 3.27. The molecule has 18 heavy (non-hydrogen) atoms. The normalized spacial score (nSPS) is 11.7. The molecule has 0 bridgehead atoms. The van der Waals surface area contributed by atoms with E-state index >= 15 is 0 Å². The van der Waals surface area contributed by atoms with Crippen molar-refractivity contribution >= 4 is 27.1 Å². The Morgan fingerprint density at radius 2 is 2.11 bits per heavy atom. The second kappa shape index (κ2) is 4.43. The summed E-state index contributed by atoms with van der Waals surface area (Å²) in [6.07, 6.45) is 0.947. The number of fused-ring (bicyclic) bond motifs is 1. The number of rotatable bonds is 2. The first-order valence-electron chi connectivity index (χ1n) is 5.19. The van der Waals surface area contributed by atoms with Crippen LogP contribution in [0, 0.1) is 0 Å². The average Bonchev–Trinajstić information content (AvgIpc) is 2.70. The minimum absolute atomic E-state index is 0.211. The highest BCUT2D eigenvalue weighted by molar-refractivity contribution is 7.85. The van der Waals surface area contributed by atoms with E-state index in [9.17, 15) is 13.2 Å². The maximum atomic E-state index is 11.6. The average molecular weight is 269 g/mol. The summed E-state index contributed by atoms with van der Waals surface area (Å²) in [4.78, 5) is 11.4. The first-order chi connectivity index (χ1) is 8.43. The molecular formula is C11H11NO5S. The van der Waals surface area contributed by atoms with Crippen LogP contribution >= 0.6 is 0 Å². The zero-order valence-electron chi connectivity index (χ0n) is 9.53. The molecule has 1 aromatic carbocycles. The quantitative estimate of drug-likeness (QED) is 0.841. The van der Waals surface area contributed by atoms with Gasteiger partial charge in [-0.3, -0.25) is 9.12 Å². The molecule has 0 amide bonds. The molecule has 0 aliphatic rings. The largest absolute Gasteiger partial charge is 0.449 e. The number of hydrogen-bond acceptors (Lipinski definition) is 4. The van der Waals surface area contributed by atoms with Gasteiger partial charge in [0.1, 0.15) is 0 Å². The lowest BCUT2D eigenvalue weighted by atomic mass is 10.2. The number of nitrogens with zero attached hydrogens (tertiary/aromatic N) is 1. The van der Waals surface area contributed by atoms with Gasteiger partial charge in [0, 0.05) is 11.6 Å². The van der Waals surface area contributed by atoms with Gasteiger partial charge in [-0.05, 0) is 31.2 Å². The number of aromatic nitrogens is 1. The summed E-state index contributed by atoms with van der Waals surface area (Å²) in [5.74, 6) is 0. The van der Waals surface area contributed by atoms with Crippen LogP contribution in [0.3, 0.4) is 0 Å². The van der Waals surface area contributed by atoms with E-state index in [0.717, 1.165) is 0 Å². The molecule has 0 saturated heterocycles. The zero-order chi connectivity index (χ0) is 13.3. The van der Waals surface area contributed by atoms with Gasteiger partial charge in [0.2, 0.25) is 0 Å². The zero-order valence-corrected chi connectivity index (χ0v) is 10.3. The molecule has 2 aromatic rings. The van der Waals surface area contributed by atoms with Crippen molar-refractivity contribution in [1.29, 1.82) is 0 Å². The molecule has 0 fully saturated rings. The van der Waals surface area contributed by atoms with Crippen LogP contribution in [-0.2, 0) is 14.9 Å². The summed E-state index contributed by atoms with van der Waals surface area (Å²) >= 11 is 0. The minimum atomic E-state index is -4.24. The first kappa shape index (κ1) is 12.6. The fraction of sp³-hybridized carbons (Fsp3) is 0.182. The van der Waals surface area contributed by atoms with Crippen molar-refractivity contribution in [3.8, 4) is 0 Å². The lowest BCUT2D eigenvalue weighted by molar-refractivity contribution is 0.155. The molecule has 1 heterocycles. The highest BCUT2D eigenvalue weighted by atomic mass is 32.2. The van der Waals surface area contributed by atoms with Crippen LogP contribution in [0.1, 0.15) is 6.92 Å². The van der Waals surface area contributed by atoms with Gasteiger partial charge in [0.15, 0.2) is 0 Å². The Morgan fingerprint density at radius 3 is 2.72 bits per heavy atom. The fourth-order valence-electron chi connectivity index (χ4n) is 1.63. The van der Waals surface area contributed by atoms with E-state index in [1.807, 2.05) is 0 Å². The van der Waals surface area contributed by atoms with Crippen molar-refractivity contribution in [2.45, 2.75) is 11.8 Å². The van der Waals surface area contributed by atoms with Crippen LogP contribution in [0.5, 0.6) is 0 Å². The number of benzene rings is 1. The summed E-state index contributed by atoms with van der Waals surface area (Å²) in [5, 5.41) is 0.526. The maximum absolute atomic E-state index is 11.6. The van der Waals surface area contributed by atoms with Crippen molar-refractivity contribution in [2.75, 3.05) is 6.61 Å². The van der Waals surface area contributed by atoms with Crippen LogP contribution in [0.2, 0.25) is 0 Å². The Balaban J connectivity index is 2.54. The molecule has 6 nitrogen and oxygen atoms in total. The van der Waals surface area contributed by atoms with E-state index in [1.165, 1.54) is 29.0 Å². The molecule has 0 saturated carbocycles. The van der Waals surface area contributed by atoms with E-state index in [1.54, 1.807) is 13.0 Å². The molecule has 96 valence electrons. The predicted molar refractivity (Wildman–Crippen MR) is 64.2 cm³/mol. The molecule has 7 heteroatoms. The number of carbonyl (C=O) groups is 1. The minimum Gasteiger partial charge on any atom is -0.449 e. The van der Waals surface area contributed by atoms with E-state index in [-0.39, 0.29) is 11.5 Å². The Kier molecular flexibility index (Phi) is 3.10. The van der Waals surface area contributed by atoms with Crippen molar-refractivity contribution in [2.24, 2.45) is 0 Å². The molecule has 0 radical (unpaired) electrons. The number of carbonyl (C=O) groups excluding carboxylic acids is 1. The van der Waals surface area contributed by atoms with Gasteiger partial charge in [-0.1, -0.05) is 0 Å². The van der Waals surface area contributed by atoms with Crippen LogP contribution < -0.4 is 0 Å². The molecule has 1 N–H and O–H groups in total. The van der Waals surface area contributed by atoms with Gasteiger partial charge in [0.25, 0.3) is 10.1 Å². The van der Waals surface area contributed by atoms with Crippen molar-refractivity contribution < 1.29 is 22.5 Å². The van der Waals surface area contributed by atoms with Crippen molar-refractivity contribution in [3.63, 3.8) is 0 Å². The maximum Gasteiger partial charge on any atom is 0.418 e. The Morgan fingerprint density at radius 1 is 1.39 bits per heavy atom. The van der Waals surface area contributed by atoms with Crippen LogP contribution in [0.25, 0.3) is 10.9 Å². The molecule has 2 rings (SSSR count). The standard InChI is InChI=1S/C11H11NO5S/c1-2-17-11(13)12-6-5-8-7-9(18(14,15)16)3-4-10(8)12/h3-7H,2H2,1H3,(H,14,15,16). The van der Waals surface area contributed by atoms with E-state index in [0.29, 0.717) is 10.9 Å². The second-order valence-electron chi connectivity index (χ2n) is 3.58. The smallest absolute Gasteiger partial charge is 0.418 e. The van der Waals surface area contributed by atoms with E-state index in [2.05, 4.69) is 0 Å². The van der Waals surface area contributed by atoms with E-state index in [4.69, 9.17) is 9.29 Å². The third kappa shape index (κ3) is 2.22. The monoisotopic (exact) mass is 269 g/mol. The second-order valence-corrected chi connectivity index (χ2v) is 5.00.